The Morgan fingerprint density at radius 3 is 2.44 bits per heavy atom. The van der Waals surface area contributed by atoms with Gasteiger partial charge in [-0.1, -0.05) is 32.0 Å². The van der Waals surface area contributed by atoms with Crippen LogP contribution in [0.1, 0.15) is 46.1 Å². The van der Waals surface area contributed by atoms with Gasteiger partial charge in [-0.25, -0.2) is 4.79 Å². The Labute approximate surface area is 109 Å². The maximum atomic E-state index is 11.8. The van der Waals surface area contributed by atoms with Crippen LogP contribution in [0, 0.1) is 0 Å². The van der Waals surface area contributed by atoms with Gasteiger partial charge in [0.1, 0.15) is 5.75 Å². The van der Waals surface area contributed by atoms with E-state index in [1.54, 1.807) is 20.8 Å². The molecule has 0 fully saturated rings. The number of carbonyl (C=O) groups excluding carboxylic acids is 1. The predicted molar refractivity (Wildman–Crippen MR) is 71.9 cm³/mol. The van der Waals surface area contributed by atoms with Crippen molar-refractivity contribution in [3.63, 3.8) is 0 Å². The quantitative estimate of drug-likeness (QED) is 0.750. The van der Waals surface area contributed by atoms with Crippen LogP contribution in [0.2, 0.25) is 0 Å². The van der Waals surface area contributed by atoms with E-state index in [0.717, 1.165) is 11.3 Å². The van der Waals surface area contributed by atoms with Gasteiger partial charge in [0.2, 0.25) is 0 Å². The first kappa shape index (κ1) is 14.6. The van der Waals surface area contributed by atoms with Crippen LogP contribution in [-0.4, -0.2) is 18.2 Å². The summed E-state index contributed by atoms with van der Waals surface area (Å²) in [6.45, 7) is 9.79. The summed E-state index contributed by atoms with van der Waals surface area (Å²) in [5.41, 5.74) is 0.121. The number of benzene rings is 1. The highest BCUT2D eigenvalue weighted by atomic mass is 16.6. The van der Waals surface area contributed by atoms with Crippen LogP contribution in [0.3, 0.4) is 0 Å². The van der Waals surface area contributed by atoms with E-state index in [1.807, 2.05) is 24.3 Å². The average Bonchev–Trinajstić information content (AvgIpc) is 2.29. The molecule has 1 rings (SSSR count). The summed E-state index contributed by atoms with van der Waals surface area (Å²) in [5, 5.41) is 0. The maximum Gasteiger partial charge on any atom is 0.349 e. The fraction of sp³-hybridized carbons (Fsp3) is 0.533. The van der Waals surface area contributed by atoms with Gasteiger partial charge in [0, 0.05) is 0 Å². The largest absolute Gasteiger partial charge is 0.476 e. The van der Waals surface area contributed by atoms with Gasteiger partial charge in [-0.05, 0) is 38.3 Å². The smallest absolute Gasteiger partial charge is 0.349 e. The molecule has 1 aromatic rings. The first-order chi connectivity index (χ1) is 8.38. The van der Waals surface area contributed by atoms with Crippen molar-refractivity contribution in [2.45, 2.75) is 46.1 Å². The number of rotatable bonds is 5. The highest BCUT2D eigenvalue weighted by Gasteiger charge is 2.32. The number of carbonyl (C=O) groups is 1. The van der Waals surface area contributed by atoms with Crippen molar-refractivity contribution in [3.8, 4) is 5.75 Å². The van der Waals surface area contributed by atoms with Gasteiger partial charge in [0.15, 0.2) is 5.60 Å². The number of hydrogen-bond acceptors (Lipinski definition) is 3. The third-order valence-electron chi connectivity index (χ3n) is 2.67. The Hall–Kier alpha value is -1.51. The van der Waals surface area contributed by atoms with Gasteiger partial charge in [-0.3, -0.25) is 0 Å². The van der Waals surface area contributed by atoms with E-state index >= 15 is 0 Å². The van der Waals surface area contributed by atoms with E-state index in [4.69, 9.17) is 9.47 Å². The molecule has 0 aliphatic heterocycles. The molecular formula is C15H22O3. The molecule has 0 saturated heterocycles. The summed E-state index contributed by atoms with van der Waals surface area (Å²) in [7, 11) is 0. The Morgan fingerprint density at radius 2 is 1.89 bits per heavy atom. The third kappa shape index (κ3) is 3.49. The number of hydrogen-bond donors (Lipinski definition) is 0. The summed E-state index contributed by atoms with van der Waals surface area (Å²) in [4.78, 5) is 11.8. The normalized spacial score (nSPS) is 11.4. The minimum atomic E-state index is -0.971. The van der Waals surface area contributed by atoms with Crippen LogP contribution in [0.4, 0.5) is 0 Å². The van der Waals surface area contributed by atoms with Crippen molar-refractivity contribution in [1.29, 1.82) is 0 Å². The molecule has 0 aliphatic carbocycles. The molecule has 18 heavy (non-hydrogen) atoms. The molecule has 1 aromatic carbocycles. The molecule has 0 unspecified atom stereocenters. The first-order valence-electron chi connectivity index (χ1n) is 6.33. The highest BCUT2D eigenvalue weighted by molar-refractivity contribution is 5.79. The van der Waals surface area contributed by atoms with Crippen LogP contribution in [-0.2, 0) is 9.53 Å². The molecule has 100 valence electrons. The Morgan fingerprint density at radius 1 is 1.28 bits per heavy atom. The van der Waals surface area contributed by atoms with E-state index in [2.05, 4.69) is 13.8 Å². The molecule has 0 radical (unpaired) electrons. The summed E-state index contributed by atoms with van der Waals surface area (Å²) >= 11 is 0. The summed E-state index contributed by atoms with van der Waals surface area (Å²) in [5.74, 6) is 0.744. The molecule has 3 heteroatoms. The lowest BCUT2D eigenvalue weighted by Crippen LogP contribution is -2.40. The van der Waals surface area contributed by atoms with Gasteiger partial charge in [0.05, 0.1) is 6.61 Å². The zero-order valence-corrected chi connectivity index (χ0v) is 11.8. The molecule has 0 aliphatic rings. The van der Waals surface area contributed by atoms with Crippen LogP contribution in [0.5, 0.6) is 5.75 Å². The van der Waals surface area contributed by atoms with Crippen molar-refractivity contribution < 1.29 is 14.3 Å². The number of ether oxygens (including phenoxy) is 2. The summed E-state index contributed by atoms with van der Waals surface area (Å²) < 4.78 is 10.8. The first-order valence-corrected chi connectivity index (χ1v) is 6.33. The molecule has 0 heterocycles. The minimum Gasteiger partial charge on any atom is -0.476 e. The lowest BCUT2D eigenvalue weighted by molar-refractivity contribution is -0.158. The molecule has 0 amide bonds. The lowest BCUT2D eigenvalue weighted by Gasteiger charge is -2.26. The second kappa shape index (κ2) is 5.89. The van der Waals surface area contributed by atoms with E-state index in [9.17, 15) is 4.79 Å². The van der Waals surface area contributed by atoms with Crippen LogP contribution in [0.15, 0.2) is 24.3 Å². The van der Waals surface area contributed by atoms with E-state index in [0.29, 0.717) is 12.5 Å². The molecule has 0 atom stereocenters. The van der Waals surface area contributed by atoms with E-state index in [-0.39, 0.29) is 5.97 Å². The summed E-state index contributed by atoms with van der Waals surface area (Å²) in [6.07, 6.45) is 0. The molecule has 0 N–H and O–H groups in total. The maximum absolute atomic E-state index is 11.8. The van der Waals surface area contributed by atoms with Crippen molar-refractivity contribution in [2.24, 2.45) is 0 Å². The standard InChI is InChI=1S/C15H22O3/c1-6-17-14(16)15(4,5)18-13-10-8-7-9-12(13)11(2)3/h7-11H,6H2,1-5H3. The Kier molecular flexibility index (Phi) is 4.76. The molecule has 0 saturated carbocycles. The molecule has 0 bridgehead atoms. The van der Waals surface area contributed by atoms with E-state index < -0.39 is 5.60 Å². The zero-order chi connectivity index (χ0) is 13.8. The van der Waals surface area contributed by atoms with Crippen molar-refractivity contribution in [2.75, 3.05) is 6.61 Å². The zero-order valence-electron chi connectivity index (χ0n) is 11.8. The van der Waals surface area contributed by atoms with Gasteiger partial charge >= 0.3 is 5.97 Å². The van der Waals surface area contributed by atoms with Gasteiger partial charge in [-0.2, -0.15) is 0 Å². The van der Waals surface area contributed by atoms with Gasteiger partial charge in [0.25, 0.3) is 0 Å². The van der Waals surface area contributed by atoms with Gasteiger partial charge < -0.3 is 9.47 Å². The second-order valence-corrected chi connectivity index (χ2v) is 5.03. The topological polar surface area (TPSA) is 35.5 Å². The Bertz CT molecular complexity index is 408. The third-order valence-corrected chi connectivity index (χ3v) is 2.67. The van der Waals surface area contributed by atoms with Crippen LogP contribution < -0.4 is 4.74 Å². The SMILES string of the molecule is CCOC(=O)C(C)(C)Oc1ccccc1C(C)C. The predicted octanol–water partition coefficient (Wildman–Crippen LogP) is 3.53. The minimum absolute atomic E-state index is 0.344. The van der Waals surface area contributed by atoms with Crippen molar-refractivity contribution in [3.05, 3.63) is 29.8 Å². The fourth-order valence-corrected chi connectivity index (χ4v) is 1.67. The van der Waals surface area contributed by atoms with Crippen LogP contribution in [0.25, 0.3) is 0 Å². The number of esters is 1. The molecule has 0 aromatic heterocycles. The summed E-state index contributed by atoms with van der Waals surface area (Å²) in [6, 6.07) is 7.78. The molecular weight excluding hydrogens is 228 g/mol. The second-order valence-electron chi connectivity index (χ2n) is 5.03. The Balaban J connectivity index is 2.93. The van der Waals surface area contributed by atoms with Crippen LogP contribution >= 0.6 is 0 Å². The van der Waals surface area contributed by atoms with E-state index in [1.165, 1.54) is 0 Å². The average molecular weight is 250 g/mol. The highest BCUT2D eigenvalue weighted by Crippen LogP contribution is 2.29. The monoisotopic (exact) mass is 250 g/mol. The number of para-hydroxylation sites is 1. The molecule has 0 spiro atoms. The fourth-order valence-electron chi connectivity index (χ4n) is 1.67. The van der Waals surface area contributed by atoms with Gasteiger partial charge in [-0.15, -0.1) is 0 Å². The van der Waals surface area contributed by atoms with Crippen molar-refractivity contribution in [1.82, 2.24) is 0 Å². The lowest BCUT2D eigenvalue weighted by atomic mass is 10.0. The molecule has 3 nitrogen and oxygen atoms in total. The van der Waals surface area contributed by atoms with Crippen molar-refractivity contribution >= 4 is 5.97 Å².